The fourth-order valence-corrected chi connectivity index (χ4v) is 2.83. The van der Waals surface area contributed by atoms with Crippen LogP contribution >= 0.6 is 23.4 Å². The molecule has 0 aliphatic heterocycles. The molecule has 21 heavy (non-hydrogen) atoms. The minimum absolute atomic E-state index is 0.0118. The molecule has 0 aromatic heterocycles. The molecule has 1 nitrogen and oxygen atoms in total. The summed E-state index contributed by atoms with van der Waals surface area (Å²) in [5.41, 5.74) is 1.90. The standard InChI is InChI=1S/C17H17ClFNS/c1-3-10-21-17-7-5-4-6-16(17)20-12(2)13-8-9-14(18)15(19)11-13/h3-9,11-12,20H,1,10H2,2H3. The number of para-hydroxylation sites is 1. The quantitative estimate of drug-likeness (QED) is 0.522. The fourth-order valence-electron chi connectivity index (χ4n) is 1.96. The molecule has 0 heterocycles. The van der Waals surface area contributed by atoms with E-state index in [0.717, 1.165) is 21.9 Å². The zero-order valence-corrected chi connectivity index (χ0v) is 13.3. The van der Waals surface area contributed by atoms with E-state index in [0.29, 0.717) is 0 Å². The molecule has 0 aliphatic carbocycles. The van der Waals surface area contributed by atoms with Gasteiger partial charge in [0, 0.05) is 22.4 Å². The molecule has 2 aromatic carbocycles. The maximum Gasteiger partial charge on any atom is 0.142 e. The van der Waals surface area contributed by atoms with E-state index in [1.807, 2.05) is 37.3 Å². The highest BCUT2D eigenvalue weighted by Gasteiger charge is 2.10. The third kappa shape index (κ3) is 4.26. The van der Waals surface area contributed by atoms with E-state index in [2.05, 4.69) is 18.0 Å². The third-order valence-electron chi connectivity index (χ3n) is 3.06. The fraction of sp³-hybridized carbons (Fsp3) is 0.176. The molecule has 0 spiro atoms. The average molecular weight is 322 g/mol. The molecule has 0 radical (unpaired) electrons. The molecule has 0 amide bonds. The van der Waals surface area contributed by atoms with Gasteiger partial charge in [-0.3, -0.25) is 0 Å². The lowest BCUT2D eigenvalue weighted by Gasteiger charge is -2.18. The third-order valence-corrected chi connectivity index (χ3v) is 4.44. The van der Waals surface area contributed by atoms with E-state index in [4.69, 9.17) is 11.6 Å². The molecule has 4 heteroatoms. The summed E-state index contributed by atoms with van der Waals surface area (Å²) in [6, 6.07) is 12.9. The Hall–Kier alpha value is -1.45. The van der Waals surface area contributed by atoms with Crippen LogP contribution in [0.3, 0.4) is 0 Å². The lowest BCUT2D eigenvalue weighted by Crippen LogP contribution is -2.07. The van der Waals surface area contributed by atoms with Crippen molar-refractivity contribution in [3.8, 4) is 0 Å². The normalized spacial score (nSPS) is 12.0. The van der Waals surface area contributed by atoms with E-state index in [-0.39, 0.29) is 11.1 Å². The van der Waals surface area contributed by atoms with E-state index < -0.39 is 5.82 Å². The van der Waals surface area contributed by atoms with Gasteiger partial charge in [-0.05, 0) is 36.8 Å². The van der Waals surface area contributed by atoms with Gasteiger partial charge in [-0.1, -0.05) is 35.9 Å². The monoisotopic (exact) mass is 321 g/mol. The number of rotatable bonds is 6. The predicted molar refractivity (Wildman–Crippen MR) is 90.8 cm³/mol. The molecule has 2 aromatic rings. The highest BCUT2D eigenvalue weighted by Crippen LogP contribution is 2.30. The van der Waals surface area contributed by atoms with Gasteiger partial charge < -0.3 is 5.32 Å². The van der Waals surface area contributed by atoms with E-state index in [1.165, 1.54) is 6.07 Å². The SMILES string of the molecule is C=CCSc1ccccc1NC(C)c1ccc(Cl)c(F)c1. The topological polar surface area (TPSA) is 12.0 Å². The molecule has 1 N–H and O–H groups in total. The second-order valence-electron chi connectivity index (χ2n) is 4.64. The van der Waals surface area contributed by atoms with Crippen molar-refractivity contribution in [2.24, 2.45) is 0 Å². The van der Waals surface area contributed by atoms with Gasteiger partial charge in [0.2, 0.25) is 0 Å². The summed E-state index contributed by atoms with van der Waals surface area (Å²) in [5.74, 6) is 0.458. The van der Waals surface area contributed by atoms with Crippen LogP contribution < -0.4 is 5.32 Å². The van der Waals surface area contributed by atoms with Crippen LogP contribution in [0.4, 0.5) is 10.1 Å². The van der Waals surface area contributed by atoms with Crippen molar-refractivity contribution in [2.75, 3.05) is 11.1 Å². The van der Waals surface area contributed by atoms with Gasteiger partial charge in [-0.15, -0.1) is 18.3 Å². The van der Waals surface area contributed by atoms with Crippen LogP contribution in [0.1, 0.15) is 18.5 Å². The van der Waals surface area contributed by atoms with Crippen LogP contribution in [0, 0.1) is 5.82 Å². The molecule has 0 saturated carbocycles. The number of anilines is 1. The van der Waals surface area contributed by atoms with E-state index >= 15 is 0 Å². The number of hydrogen-bond donors (Lipinski definition) is 1. The Morgan fingerprint density at radius 2 is 2.10 bits per heavy atom. The lowest BCUT2D eigenvalue weighted by molar-refractivity contribution is 0.624. The largest absolute Gasteiger partial charge is 0.378 e. The first-order chi connectivity index (χ1) is 10.1. The Balaban J connectivity index is 2.16. The second kappa shape index (κ2) is 7.53. The van der Waals surface area contributed by atoms with Crippen LogP contribution in [0.15, 0.2) is 60.0 Å². The number of hydrogen-bond acceptors (Lipinski definition) is 2. The number of benzene rings is 2. The van der Waals surface area contributed by atoms with E-state index in [1.54, 1.807) is 17.8 Å². The van der Waals surface area contributed by atoms with Crippen molar-refractivity contribution in [1.29, 1.82) is 0 Å². The minimum atomic E-state index is -0.392. The van der Waals surface area contributed by atoms with Crippen LogP contribution in [0.25, 0.3) is 0 Å². The summed E-state index contributed by atoms with van der Waals surface area (Å²) in [6.45, 7) is 5.73. The number of nitrogens with one attached hydrogen (secondary N) is 1. The molecule has 0 aliphatic rings. The first kappa shape index (κ1) is 15.9. The Morgan fingerprint density at radius 3 is 2.81 bits per heavy atom. The highest BCUT2D eigenvalue weighted by molar-refractivity contribution is 7.99. The molecule has 1 unspecified atom stereocenters. The first-order valence-corrected chi connectivity index (χ1v) is 8.02. The van der Waals surface area contributed by atoms with Gasteiger partial charge >= 0.3 is 0 Å². The highest BCUT2D eigenvalue weighted by atomic mass is 35.5. The molecule has 0 bridgehead atoms. The van der Waals surface area contributed by atoms with Gasteiger partial charge in [0.25, 0.3) is 0 Å². The first-order valence-electron chi connectivity index (χ1n) is 6.66. The summed E-state index contributed by atoms with van der Waals surface area (Å²) in [4.78, 5) is 1.15. The second-order valence-corrected chi connectivity index (χ2v) is 6.10. The zero-order chi connectivity index (χ0) is 15.2. The van der Waals surface area contributed by atoms with Gasteiger partial charge in [0.1, 0.15) is 5.82 Å². The Morgan fingerprint density at radius 1 is 1.33 bits per heavy atom. The summed E-state index contributed by atoms with van der Waals surface area (Å²) < 4.78 is 13.5. The molecule has 2 rings (SSSR count). The van der Waals surface area contributed by atoms with Gasteiger partial charge in [-0.25, -0.2) is 4.39 Å². The molecular formula is C17H17ClFNS. The van der Waals surface area contributed by atoms with Gasteiger partial charge in [-0.2, -0.15) is 0 Å². The maximum atomic E-state index is 13.5. The number of thioether (sulfide) groups is 1. The van der Waals surface area contributed by atoms with Crippen molar-refractivity contribution in [3.63, 3.8) is 0 Å². The van der Waals surface area contributed by atoms with Crippen molar-refractivity contribution in [1.82, 2.24) is 0 Å². The van der Waals surface area contributed by atoms with Crippen LogP contribution in [0.5, 0.6) is 0 Å². The average Bonchev–Trinajstić information content (AvgIpc) is 2.49. The summed E-state index contributed by atoms with van der Waals surface area (Å²) in [5, 5.41) is 3.56. The maximum absolute atomic E-state index is 13.5. The Labute approximate surface area is 134 Å². The number of halogens is 2. The van der Waals surface area contributed by atoms with Crippen LogP contribution in [0.2, 0.25) is 5.02 Å². The van der Waals surface area contributed by atoms with Crippen molar-refractivity contribution in [2.45, 2.75) is 17.9 Å². The molecular weight excluding hydrogens is 305 g/mol. The minimum Gasteiger partial charge on any atom is -0.378 e. The molecule has 0 fully saturated rings. The van der Waals surface area contributed by atoms with Gasteiger partial charge in [0.15, 0.2) is 0 Å². The van der Waals surface area contributed by atoms with Crippen LogP contribution in [-0.4, -0.2) is 5.75 Å². The van der Waals surface area contributed by atoms with Gasteiger partial charge in [0.05, 0.1) is 5.02 Å². The molecule has 0 saturated heterocycles. The zero-order valence-electron chi connectivity index (χ0n) is 11.8. The molecule has 1 atom stereocenters. The summed E-state index contributed by atoms with van der Waals surface area (Å²) in [7, 11) is 0. The van der Waals surface area contributed by atoms with Crippen molar-refractivity contribution < 1.29 is 4.39 Å². The van der Waals surface area contributed by atoms with Crippen LogP contribution in [-0.2, 0) is 0 Å². The lowest BCUT2D eigenvalue weighted by atomic mass is 10.1. The predicted octanol–water partition coefficient (Wildman–Crippen LogP) is 5.93. The Kier molecular flexibility index (Phi) is 5.71. The van der Waals surface area contributed by atoms with E-state index in [9.17, 15) is 4.39 Å². The smallest absolute Gasteiger partial charge is 0.142 e. The molecule has 110 valence electrons. The van der Waals surface area contributed by atoms with Crippen molar-refractivity contribution in [3.05, 3.63) is 71.5 Å². The Bertz CT molecular complexity index is 630. The van der Waals surface area contributed by atoms with Crippen molar-refractivity contribution >= 4 is 29.1 Å². The summed E-state index contributed by atoms with van der Waals surface area (Å²) in [6.07, 6.45) is 1.87. The summed E-state index contributed by atoms with van der Waals surface area (Å²) >= 11 is 7.43.